The lowest BCUT2D eigenvalue weighted by Gasteiger charge is -2.45. The third-order valence-corrected chi connectivity index (χ3v) is 6.95. The topological polar surface area (TPSA) is 20.2 Å². The molecule has 0 aromatic carbocycles. The van der Waals surface area contributed by atoms with E-state index >= 15 is 0 Å². The summed E-state index contributed by atoms with van der Waals surface area (Å²) in [5.74, 6) is 0.853. The van der Waals surface area contributed by atoms with Crippen LogP contribution in [0.5, 0.6) is 0 Å². The summed E-state index contributed by atoms with van der Waals surface area (Å²) in [7, 11) is 0. The molecule has 1 nitrogen and oxygen atoms in total. The van der Waals surface area contributed by atoms with E-state index in [4.69, 9.17) is 0 Å². The Morgan fingerprint density at radius 1 is 1.26 bits per heavy atom. The highest BCUT2D eigenvalue weighted by atomic mass is 32.2. The normalized spacial score (nSPS) is 33.4. The van der Waals surface area contributed by atoms with Crippen molar-refractivity contribution >= 4 is 28.7 Å². The zero-order valence-corrected chi connectivity index (χ0v) is 12.7. The molecule has 2 aliphatic carbocycles. The van der Waals surface area contributed by atoms with Crippen LogP contribution in [0.25, 0.3) is 5.57 Å². The van der Waals surface area contributed by atoms with Gasteiger partial charge in [0.2, 0.25) is 0 Å². The lowest BCUT2D eigenvalue weighted by Crippen LogP contribution is -2.41. The van der Waals surface area contributed by atoms with Gasteiger partial charge in [0.05, 0.1) is 6.10 Å². The van der Waals surface area contributed by atoms with Gasteiger partial charge in [0.25, 0.3) is 0 Å². The molecule has 100 valence electrons. The molecule has 0 unspecified atom stereocenters. The number of hydrogen-bond acceptors (Lipinski definition) is 3. The van der Waals surface area contributed by atoms with Gasteiger partial charge in [-0.15, -0.1) is 23.1 Å². The van der Waals surface area contributed by atoms with Gasteiger partial charge in [0, 0.05) is 16.0 Å². The minimum absolute atomic E-state index is 0.00237. The molecule has 3 heteroatoms. The first-order chi connectivity index (χ1) is 9.20. The lowest BCUT2D eigenvalue weighted by molar-refractivity contribution is 0.0754. The van der Waals surface area contributed by atoms with E-state index in [1.165, 1.54) is 17.6 Å². The molecule has 0 saturated carbocycles. The number of allylic oxidation sites excluding steroid dienone is 2. The van der Waals surface area contributed by atoms with Gasteiger partial charge in [-0.05, 0) is 64.8 Å². The van der Waals surface area contributed by atoms with E-state index in [0.717, 1.165) is 25.0 Å². The molecule has 1 aromatic heterocycles. The van der Waals surface area contributed by atoms with Crippen LogP contribution in [0.15, 0.2) is 28.0 Å². The van der Waals surface area contributed by atoms with Crippen LogP contribution >= 0.6 is 23.1 Å². The van der Waals surface area contributed by atoms with Gasteiger partial charge in [-0.1, -0.05) is 6.92 Å². The molecular formula is C16H18OS2. The molecule has 1 aromatic rings. The van der Waals surface area contributed by atoms with Gasteiger partial charge in [-0.25, -0.2) is 0 Å². The highest BCUT2D eigenvalue weighted by molar-refractivity contribution is 8.02. The van der Waals surface area contributed by atoms with Crippen molar-refractivity contribution in [3.63, 3.8) is 0 Å². The average molecular weight is 290 g/mol. The molecular weight excluding hydrogens is 272 g/mol. The first kappa shape index (κ1) is 12.2. The Kier molecular flexibility index (Phi) is 2.73. The van der Waals surface area contributed by atoms with E-state index in [2.05, 4.69) is 23.8 Å². The summed E-state index contributed by atoms with van der Waals surface area (Å²) >= 11 is 3.68. The maximum atomic E-state index is 10.4. The van der Waals surface area contributed by atoms with Gasteiger partial charge in [-0.2, -0.15) is 0 Å². The minimum atomic E-state index is -0.185. The molecule has 19 heavy (non-hydrogen) atoms. The third kappa shape index (κ3) is 1.65. The summed E-state index contributed by atoms with van der Waals surface area (Å²) in [5, 5.41) is 15.0. The van der Waals surface area contributed by atoms with Crippen LogP contribution < -0.4 is 0 Å². The molecule has 4 rings (SSSR count). The summed E-state index contributed by atoms with van der Waals surface area (Å²) in [6, 6.07) is 2.30. The molecule has 3 aliphatic rings. The number of thioether (sulfide) groups is 1. The van der Waals surface area contributed by atoms with E-state index in [0.29, 0.717) is 0 Å². The monoisotopic (exact) mass is 290 g/mol. The van der Waals surface area contributed by atoms with Crippen molar-refractivity contribution in [2.45, 2.75) is 38.7 Å². The van der Waals surface area contributed by atoms with Gasteiger partial charge < -0.3 is 5.11 Å². The van der Waals surface area contributed by atoms with Gasteiger partial charge in [0.15, 0.2) is 0 Å². The molecule has 0 spiro atoms. The predicted molar refractivity (Wildman–Crippen MR) is 83.4 cm³/mol. The van der Waals surface area contributed by atoms with Crippen LogP contribution in [0.2, 0.25) is 0 Å². The van der Waals surface area contributed by atoms with Crippen LogP contribution in [0.1, 0.15) is 36.6 Å². The highest BCUT2D eigenvalue weighted by Crippen LogP contribution is 2.55. The number of aryl methyl sites for hydroxylation is 1. The van der Waals surface area contributed by atoms with E-state index in [1.807, 2.05) is 11.3 Å². The van der Waals surface area contributed by atoms with Gasteiger partial charge in [0.1, 0.15) is 0 Å². The Balaban J connectivity index is 1.88. The summed E-state index contributed by atoms with van der Waals surface area (Å²) in [4.78, 5) is 1.56. The van der Waals surface area contributed by atoms with Crippen molar-refractivity contribution in [3.8, 4) is 0 Å². The van der Waals surface area contributed by atoms with Crippen LogP contribution in [-0.2, 0) is 6.42 Å². The number of aliphatic hydroxyl groups is 1. The summed E-state index contributed by atoms with van der Waals surface area (Å²) in [6.45, 7) is 2.26. The number of fused-ring (bicyclic) bond motifs is 4. The first-order valence-electron chi connectivity index (χ1n) is 6.99. The molecule has 1 aliphatic heterocycles. The van der Waals surface area contributed by atoms with Crippen LogP contribution in [0.3, 0.4) is 0 Å². The number of aliphatic hydroxyl groups excluding tert-OH is 1. The summed E-state index contributed by atoms with van der Waals surface area (Å²) < 4.78 is 0. The molecule has 0 fully saturated rings. The number of rotatable bonds is 0. The van der Waals surface area contributed by atoms with E-state index < -0.39 is 0 Å². The zero-order valence-electron chi connectivity index (χ0n) is 11.1. The van der Waals surface area contributed by atoms with Crippen LogP contribution in [-0.4, -0.2) is 17.0 Å². The molecule has 0 bridgehead atoms. The standard InChI is InChI=1S/C16H18OS2/c1-16-6-4-10-11(13(16)8-18-9-15(16)17)2-3-14-12(10)5-7-19-14/h5,7-8,15,17H,2-4,6,9H2,1H3/t15-,16+/m1/s1. The average Bonchev–Trinajstić information content (AvgIpc) is 2.88. The fourth-order valence-electron chi connectivity index (χ4n) is 3.76. The van der Waals surface area contributed by atoms with Crippen molar-refractivity contribution in [1.29, 1.82) is 0 Å². The second-order valence-corrected chi connectivity index (χ2v) is 7.92. The lowest BCUT2D eigenvalue weighted by atomic mass is 9.64. The quantitative estimate of drug-likeness (QED) is 0.771. The Hall–Kier alpha value is -0.510. The second-order valence-electron chi connectivity index (χ2n) is 6.01. The molecule has 0 saturated heterocycles. The molecule has 0 amide bonds. The van der Waals surface area contributed by atoms with Gasteiger partial charge in [-0.3, -0.25) is 0 Å². The molecule has 0 radical (unpaired) electrons. The highest BCUT2D eigenvalue weighted by Gasteiger charge is 2.44. The van der Waals surface area contributed by atoms with Crippen molar-refractivity contribution in [2.75, 3.05) is 5.75 Å². The molecule has 2 atom stereocenters. The van der Waals surface area contributed by atoms with E-state index in [-0.39, 0.29) is 11.5 Å². The minimum Gasteiger partial charge on any atom is -0.391 e. The Morgan fingerprint density at radius 3 is 3.05 bits per heavy atom. The Bertz CT molecular complexity index is 596. The van der Waals surface area contributed by atoms with Crippen molar-refractivity contribution in [2.24, 2.45) is 5.41 Å². The maximum absolute atomic E-state index is 10.4. The first-order valence-corrected chi connectivity index (χ1v) is 8.92. The van der Waals surface area contributed by atoms with E-state index in [9.17, 15) is 5.11 Å². The smallest absolute Gasteiger partial charge is 0.0728 e. The van der Waals surface area contributed by atoms with E-state index in [1.54, 1.807) is 27.8 Å². The largest absolute Gasteiger partial charge is 0.391 e. The molecule has 2 heterocycles. The molecule has 1 N–H and O–H groups in total. The van der Waals surface area contributed by atoms with Crippen molar-refractivity contribution in [1.82, 2.24) is 0 Å². The van der Waals surface area contributed by atoms with Gasteiger partial charge >= 0.3 is 0 Å². The summed E-state index contributed by atoms with van der Waals surface area (Å²) in [6.07, 6.45) is 4.39. The SMILES string of the molecule is C[C@]12CCC3=C(CCc4sccc43)C1=CSC[C@H]2O. The summed E-state index contributed by atoms with van der Waals surface area (Å²) in [5.41, 5.74) is 6.05. The van der Waals surface area contributed by atoms with Crippen LogP contribution in [0.4, 0.5) is 0 Å². The zero-order chi connectivity index (χ0) is 13.0. The fraction of sp³-hybridized carbons (Fsp3) is 0.500. The van der Waals surface area contributed by atoms with Crippen molar-refractivity contribution in [3.05, 3.63) is 38.4 Å². The fourth-order valence-corrected chi connectivity index (χ4v) is 5.89. The Morgan fingerprint density at radius 2 is 2.16 bits per heavy atom. The Labute approximate surface area is 122 Å². The number of thiophene rings is 1. The third-order valence-electron chi connectivity index (χ3n) is 5.06. The second kappa shape index (κ2) is 4.24. The van der Waals surface area contributed by atoms with Crippen LogP contribution in [0, 0.1) is 5.41 Å². The predicted octanol–water partition coefficient (Wildman–Crippen LogP) is 4.24. The maximum Gasteiger partial charge on any atom is 0.0728 e. The number of hydrogen-bond donors (Lipinski definition) is 1. The van der Waals surface area contributed by atoms with Crippen molar-refractivity contribution < 1.29 is 5.11 Å².